The summed E-state index contributed by atoms with van der Waals surface area (Å²) in [5.41, 5.74) is 0. The van der Waals surface area contributed by atoms with Gasteiger partial charge in [0.05, 0.1) is 6.10 Å². The second-order valence-corrected chi connectivity index (χ2v) is 8.09. The lowest BCUT2D eigenvalue weighted by molar-refractivity contribution is -0.356. The fourth-order valence-electron chi connectivity index (χ4n) is 3.94. The van der Waals surface area contributed by atoms with Crippen LogP contribution in [-0.2, 0) is 57.1 Å². The molecule has 35 heavy (non-hydrogen) atoms. The molecule has 0 bridgehead atoms. The number of hydrogen-bond donors (Lipinski definition) is 2. The standard InChI is InChI=1S/C21H32O14/c1-8-15(28-6)17(14(26)20(27)30-8)35-21-19(33-12(5)25)18(32-11(4)24)16(31-10(3)23)13(34-21)7-29-9(2)22/h8,13-21,26-27H,7H2,1-6H3/t8-,13+,14+,15-,16+,17-,18-,19+,20+,21-/m0/s1. The second kappa shape index (κ2) is 12.6. The van der Waals surface area contributed by atoms with Crippen molar-refractivity contribution in [2.75, 3.05) is 13.7 Å². The monoisotopic (exact) mass is 508 g/mol. The number of aliphatic hydroxyl groups excluding tert-OH is 2. The van der Waals surface area contributed by atoms with Crippen LogP contribution in [-0.4, -0.2) is 109 Å². The highest BCUT2D eigenvalue weighted by molar-refractivity contribution is 5.68. The molecular formula is C21H32O14. The maximum absolute atomic E-state index is 11.9. The Hall–Kier alpha value is -2.36. The Kier molecular flexibility index (Phi) is 10.4. The molecule has 0 aromatic rings. The number of esters is 4. The lowest BCUT2D eigenvalue weighted by atomic mass is 9.96. The molecule has 0 saturated carbocycles. The van der Waals surface area contributed by atoms with Gasteiger partial charge in [-0.2, -0.15) is 0 Å². The van der Waals surface area contributed by atoms with Crippen LogP contribution >= 0.6 is 0 Å². The van der Waals surface area contributed by atoms with Crippen LogP contribution < -0.4 is 0 Å². The highest BCUT2D eigenvalue weighted by Gasteiger charge is 2.55. The zero-order chi connectivity index (χ0) is 26.4. The minimum atomic E-state index is -1.63. The van der Waals surface area contributed by atoms with E-state index in [-0.39, 0.29) is 0 Å². The first-order chi connectivity index (χ1) is 16.3. The highest BCUT2D eigenvalue weighted by atomic mass is 16.8. The molecule has 0 unspecified atom stereocenters. The van der Waals surface area contributed by atoms with Crippen LogP contribution in [0.5, 0.6) is 0 Å². The Morgan fingerprint density at radius 2 is 1.29 bits per heavy atom. The Balaban J connectivity index is 2.48. The summed E-state index contributed by atoms with van der Waals surface area (Å²) < 4.78 is 43.3. The maximum atomic E-state index is 11.9. The van der Waals surface area contributed by atoms with Crippen LogP contribution in [0, 0.1) is 0 Å². The molecule has 2 aliphatic rings. The summed E-state index contributed by atoms with van der Waals surface area (Å²) in [5, 5.41) is 20.6. The van der Waals surface area contributed by atoms with E-state index in [4.69, 9.17) is 37.9 Å². The van der Waals surface area contributed by atoms with E-state index in [9.17, 15) is 29.4 Å². The fraction of sp³-hybridized carbons (Fsp3) is 0.810. The minimum absolute atomic E-state index is 0.444. The molecule has 0 spiro atoms. The number of carbonyl (C=O) groups is 4. The van der Waals surface area contributed by atoms with E-state index in [1.807, 2.05) is 0 Å². The molecule has 0 aromatic carbocycles. The lowest BCUT2D eigenvalue weighted by Crippen LogP contribution is -2.66. The number of rotatable bonds is 8. The average molecular weight is 508 g/mol. The molecule has 2 aliphatic heterocycles. The summed E-state index contributed by atoms with van der Waals surface area (Å²) in [6.45, 7) is 5.55. The first kappa shape index (κ1) is 28.9. The van der Waals surface area contributed by atoms with Crippen LogP contribution in [0.25, 0.3) is 0 Å². The molecule has 2 rings (SSSR count). The molecular weight excluding hydrogens is 476 g/mol. The van der Waals surface area contributed by atoms with Crippen molar-refractivity contribution in [3.63, 3.8) is 0 Å². The van der Waals surface area contributed by atoms with Gasteiger partial charge in [-0.3, -0.25) is 19.2 Å². The first-order valence-corrected chi connectivity index (χ1v) is 10.9. The SMILES string of the molecule is CO[C@@H]1[C@@H](O[C@@H]2O[C@H](COC(C)=O)[C@@H](OC(C)=O)[C@H](OC(C)=O)[C@H]2OC(C)=O)[C@@H](O)[C@H](O)O[C@H]1C. The smallest absolute Gasteiger partial charge is 0.303 e. The third kappa shape index (κ3) is 7.56. The van der Waals surface area contributed by atoms with Crippen molar-refractivity contribution in [3.05, 3.63) is 0 Å². The van der Waals surface area contributed by atoms with Gasteiger partial charge in [-0.05, 0) is 6.92 Å². The van der Waals surface area contributed by atoms with E-state index in [1.54, 1.807) is 6.92 Å². The molecule has 2 heterocycles. The topological polar surface area (TPSA) is 183 Å². The van der Waals surface area contributed by atoms with Gasteiger partial charge in [-0.25, -0.2) is 0 Å². The average Bonchev–Trinajstić information content (AvgIpc) is 2.73. The Labute approximate surface area is 201 Å². The van der Waals surface area contributed by atoms with Gasteiger partial charge in [0, 0.05) is 34.8 Å². The Bertz CT molecular complexity index is 771. The van der Waals surface area contributed by atoms with Crippen molar-refractivity contribution in [1.29, 1.82) is 0 Å². The summed E-state index contributed by atoms with van der Waals surface area (Å²) in [6, 6.07) is 0. The van der Waals surface area contributed by atoms with E-state index in [0.29, 0.717) is 0 Å². The maximum Gasteiger partial charge on any atom is 0.303 e. The van der Waals surface area contributed by atoms with Gasteiger partial charge in [0.25, 0.3) is 0 Å². The van der Waals surface area contributed by atoms with E-state index < -0.39 is 91.9 Å². The predicted octanol–water partition coefficient (Wildman–Crippen LogP) is -1.43. The van der Waals surface area contributed by atoms with E-state index in [0.717, 1.165) is 27.7 Å². The van der Waals surface area contributed by atoms with Gasteiger partial charge in [0.1, 0.15) is 31.0 Å². The van der Waals surface area contributed by atoms with Gasteiger partial charge in [0.2, 0.25) is 0 Å². The quantitative estimate of drug-likeness (QED) is 0.287. The zero-order valence-electron chi connectivity index (χ0n) is 20.3. The summed E-state index contributed by atoms with van der Waals surface area (Å²) in [4.78, 5) is 47.0. The van der Waals surface area contributed by atoms with Crippen LogP contribution in [0.1, 0.15) is 34.6 Å². The van der Waals surface area contributed by atoms with Crippen LogP contribution in [0.4, 0.5) is 0 Å². The molecule has 10 atom stereocenters. The van der Waals surface area contributed by atoms with Crippen molar-refractivity contribution in [2.45, 2.75) is 96.0 Å². The molecule has 2 N–H and O–H groups in total. The summed E-state index contributed by atoms with van der Waals surface area (Å²) in [5.74, 6) is -3.06. The molecule has 2 saturated heterocycles. The molecule has 200 valence electrons. The summed E-state index contributed by atoms with van der Waals surface area (Å²) in [7, 11) is 1.33. The number of hydrogen-bond acceptors (Lipinski definition) is 14. The largest absolute Gasteiger partial charge is 0.463 e. The zero-order valence-corrected chi connectivity index (χ0v) is 20.3. The molecule has 0 amide bonds. The molecule has 14 nitrogen and oxygen atoms in total. The van der Waals surface area contributed by atoms with Gasteiger partial charge in [0.15, 0.2) is 30.9 Å². The first-order valence-electron chi connectivity index (χ1n) is 10.9. The Morgan fingerprint density at radius 3 is 1.80 bits per heavy atom. The number of aliphatic hydroxyl groups is 2. The van der Waals surface area contributed by atoms with E-state index >= 15 is 0 Å². The van der Waals surface area contributed by atoms with Gasteiger partial charge in [-0.15, -0.1) is 0 Å². The molecule has 0 aliphatic carbocycles. The Morgan fingerprint density at radius 1 is 0.743 bits per heavy atom. The van der Waals surface area contributed by atoms with Crippen molar-refractivity contribution < 1.29 is 67.3 Å². The minimum Gasteiger partial charge on any atom is -0.463 e. The van der Waals surface area contributed by atoms with Gasteiger partial charge in [-0.1, -0.05) is 0 Å². The molecule has 0 radical (unpaired) electrons. The van der Waals surface area contributed by atoms with Gasteiger partial charge < -0.3 is 48.1 Å². The second-order valence-electron chi connectivity index (χ2n) is 8.09. The van der Waals surface area contributed by atoms with E-state index in [1.165, 1.54) is 7.11 Å². The highest BCUT2D eigenvalue weighted by Crippen LogP contribution is 2.33. The number of carbonyl (C=O) groups excluding carboxylic acids is 4. The third-order valence-electron chi connectivity index (χ3n) is 5.28. The van der Waals surface area contributed by atoms with Crippen LogP contribution in [0.3, 0.4) is 0 Å². The lowest BCUT2D eigenvalue weighted by Gasteiger charge is -2.47. The molecule has 2 fully saturated rings. The van der Waals surface area contributed by atoms with Crippen molar-refractivity contribution in [1.82, 2.24) is 0 Å². The molecule has 14 heteroatoms. The normalized spacial score (nSPS) is 37.1. The van der Waals surface area contributed by atoms with E-state index in [2.05, 4.69) is 0 Å². The van der Waals surface area contributed by atoms with Crippen molar-refractivity contribution in [2.24, 2.45) is 0 Å². The molecule has 0 aromatic heterocycles. The van der Waals surface area contributed by atoms with Crippen molar-refractivity contribution >= 4 is 23.9 Å². The third-order valence-corrected chi connectivity index (χ3v) is 5.28. The predicted molar refractivity (Wildman–Crippen MR) is 110 cm³/mol. The van der Waals surface area contributed by atoms with Gasteiger partial charge >= 0.3 is 23.9 Å². The summed E-state index contributed by atoms with van der Waals surface area (Å²) >= 11 is 0. The summed E-state index contributed by atoms with van der Waals surface area (Å²) in [6.07, 6.45) is -13.2. The fourth-order valence-corrected chi connectivity index (χ4v) is 3.94. The van der Waals surface area contributed by atoms with Crippen LogP contribution in [0.2, 0.25) is 0 Å². The van der Waals surface area contributed by atoms with Crippen LogP contribution in [0.15, 0.2) is 0 Å². The number of methoxy groups -OCH3 is 1. The number of ether oxygens (including phenoxy) is 8. The van der Waals surface area contributed by atoms with Crippen molar-refractivity contribution in [3.8, 4) is 0 Å².